The van der Waals surface area contributed by atoms with Gasteiger partial charge in [-0.25, -0.2) is 0 Å². The molecule has 1 aromatic rings. The summed E-state index contributed by atoms with van der Waals surface area (Å²) in [6.07, 6.45) is 7.57. The Labute approximate surface area is 111 Å². The average molecular weight is 266 g/mol. The molecule has 1 aliphatic rings. The summed E-state index contributed by atoms with van der Waals surface area (Å²) in [7, 11) is 0. The van der Waals surface area contributed by atoms with Crippen LogP contribution in [0.4, 0.5) is 0 Å². The molecule has 1 aromatic carbocycles. The van der Waals surface area contributed by atoms with E-state index in [2.05, 4.69) is 17.5 Å². The number of benzene rings is 1. The number of rotatable bonds is 3. The van der Waals surface area contributed by atoms with E-state index in [1.807, 2.05) is 0 Å². The van der Waals surface area contributed by atoms with Crippen molar-refractivity contribution in [2.75, 3.05) is 6.54 Å². The Morgan fingerprint density at radius 2 is 2.28 bits per heavy atom. The van der Waals surface area contributed by atoms with Crippen LogP contribution in [0, 0.1) is 5.92 Å². The molecule has 0 aliphatic heterocycles. The van der Waals surface area contributed by atoms with Crippen molar-refractivity contribution in [3.05, 3.63) is 40.9 Å². The van der Waals surface area contributed by atoms with E-state index in [9.17, 15) is 9.90 Å². The molecular weight excluding hydrogens is 250 g/mol. The van der Waals surface area contributed by atoms with Crippen LogP contribution in [0.25, 0.3) is 0 Å². The summed E-state index contributed by atoms with van der Waals surface area (Å²) < 4.78 is 0. The lowest BCUT2D eigenvalue weighted by Crippen LogP contribution is -2.29. The smallest absolute Gasteiger partial charge is 0.251 e. The number of hydrogen-bond donors (Lipinski definition) is 2. The lowest BCUT2D eigenvalue weighted by molar-refractivity contribution is 0.0946. The SMILES string of the molecule is O=C(NCC1CC=CCC1)c1ccc(O)c(Cl)c1. The van der Waals surface area contributed by atoms with Crippen molar-refractivity contribution < 1.29 is 9.90 Å². The van der Waals surface area contributed by atoms with Gasteiger partial charge in [0.1, 0.15) is 5.75 Å². The highest BCUT2D eigenvalue weighted by Crippen LogP contribution is 2.23. The summed E-state index contributed by atoms with van der Waals surface area (Å²) in [5.41, 5.74) is 0.476. The van der Waals surface area contributed by atoms with Gasteiger partial charge in [-0.2, -0.15) is 0 Å². The van der Waals surface area contributed by atoms with E-state index in [1.54, 1.807) is 6.07 Å². The second kappa shape index (κ2) is 5.91. The third-order valence-electron chi connectivity index (χ3n) is 3.14. The van der Waals surface area contributed by atoms with Gasteiger partial charge in [0.25, 0.3) is 5.91 Å². The van der Waals surface area contributed by atoms with Crippen molar-refractivity contribution in [3.8, 4) is 5.75 Å². The number of nitrogens with one attached hydrogen (secondary N) is 1. The van der Waals surface area contributed by atoms with Gasteiger partial charge in [-0.05, 0) is 43.4 Å². The summed E-state index contributed by atoms with van der Waals surface area (Å²) >= 11 is 5.77. The fraction of sp³-hybridized carbons (Fsp3) is 0.357. The maximum Gasteiger partial charge on any atom is 0.251 e. The second-order valence-electron chi connectivity index (χ2n) is 4.53. The number of halogens is 1. The quantitative estimate of drug-likeness (QED) is 0.825. The van der Waals surface area contributed by atoms with E-state index >= 15 is 0 Å². The maximum atomic E-state index is 11.9. The molecule has 1 unspecified atom stereocenters. The van der Waals surface area contributed by atoms with Gasteiger partial charge in [0.2, 0.25) is 0 Å². The zero-order valence-corrected chi connectivity index (χ0v) is 10.8. The average Bonchev–Trinajstić information content (AvgIpc) is 2.40. The normalized spacial score (nSPS) is 18.6. The summed E-state index contributed by atoms with van der Waals surface area (Å²) in [6, 6.07) is 4.48. The lowest BCUT2D eigenvalue weighted by Gasteiger charge is -2.18. The molecule has 1 amide bonds. The highest BCUT2D eigenvalue weighted by Gasteiger charge is 2.13. The Hall–Kier alpha value is -1.48. The van der Waals surface area contributed by atoms with Crippen molar-refractivity contribution in [2.45, 2.75) is 19.3 Å². The molecule has 0 radical (unpaired) electrons. The Morgan fingerprint density at radius 3 is 2.94 bits per heavy atom. The van der Waals surface area contributed by atoms with Crippen LogP contribution in [0.3, 0.4) is 0 Å². The predicted molar refractivity (Wildman–Crippen MR) is 71.9 cm³/mol. The fourth-order valence-electron chi connectivity index (χ4n) is 2.03. The minimum Gasteiger partial charge on any atom is -0.506 e. The van der Waals surface area contributed by atoms with Crippen molar-refractivity contribution in [3.63, 3.8) is 0 Å². The van der Waals surface area contributed by atoms with Crippen LogP contribution in [0.2, 0.25) is 5.02 Å². The van der Waals surface area contributed by atoms with Crippen LogP contribution in [-0.2, 0) is 0 Å². The summed E-state index contributed by atoms with van der Waals surface area (Å²) in [5, 5.41) is 12.4. The monoisotopic (exact) mass is 265 g/mol. The molecule has 0 saturated carbocycles. The van der Waals surface area contributed by atoms with E-state index in [-0.39, 0.29) is 16.7 Å². The molecular formula is C14H16ClNO2. The van der Waals surface area contributed by atoms with Gasteiger partial charge in [0, 0.05) is 12.1 Å². The van der Waals surface area contributed by atoms with Crippen LogP contribution in [0.1, 0.15) is 29.6 Å². The molecule has 2 rings (SSSR count). The largest absolute Gasteiger partial charge is 0.506 e. The first-order valence-electron chi connectivity index (χ1n) is 6.08. The number of phenols is 1. The first-order chi connectivity index (χ1) is 8.66. The number of amides is 1. The second-order valence-corrected chi connectivity index (χ2v) is 4.93. The number of hydrogen-bond acceptors (Lipinski definition) is 2. The third kappa shape index (κ3) is 3.26. The summed E-state index contributed by atoms with van der Waals surface area (Å²) in [5.74, 6) is 0.364. The predicted octanol–water partition coefficient (Wildman–Crippen LogP) is 3.13. The van der Waals surface area contributed by atoms with Crippen molar-refractivity contribution in [1.82, 2.24) is 5.32 Å². The van der Waals surface area contributed by atoms with Gasteiger partial charge in [-0.1, -0.05) is 23.8 Å². The summed E-state index contributed by atoms with van der Waals surface area (Å²) in [6.45, 7) is 0.682. The zero-order chi connectivity index (χ0) is 13.0. The lowest BCUT2D eigenvalue weighted by atomic mass is 9.94. The Bertz CT molecular complexity index is 471. The Balaban J connectivity index is 1.91. The van der Waals surface area contributed by atoms with Crippen molar-refractivity contribution in [2.24, 2.45) is 5.92 Å². The van der Waals surface area contributed by atoms with Gasteiger partial charge < -0.3 is 10.4 Å². The van der Waals surface area contributed by atoms with Gasteiger partial charge in [-0.15, -0.1) is 0 Å². The van der Waals surface area contributed by atoms with Gasteiger partial charge in [-0.3, -0.25) is 4.79 Å². The minimum atomic E-state index is -0.147. The molecule has 0 fully saturated rings. The fourth-order valence-corrected chi connectivity index (χ4v) is 2.21. The van der Waals surface area contributed by atoms with Crippen LogP contribution in [0.15, 0.2) is 30.4 Å². The topological polar surface area (TPSA) is 49.3 Å². The Morgan fingerprint density at radius 1 is 1.44 bits per heavy atom. The van der Waals surface area contributed by atoms with Crippen molar-refractivity contribution in [1.29, 1.82) is 0 Å². The van der Waals surface area contributed by atoms with Gasteiger partial charge >= 0.3 is 0 Å². The minimum absolute atomic E-state index is 0.00867. The van der Waals surface area contributed by atoms with E-state index in [1.165, 1.54) is 12.1 Å². The molecule has 3 nitrogen and oxygen atoms in total. The standard InChI is InChI=1S/C14H16ClNO2/c15-12-8-11(6-7-13(12)17)14(18)16-9-10-4-2-1-3-5-10/h1-2,6-8,10,17H,3-5,9H2,(H,16,18). The molecule has 0 bridgehead atoms. The zero-order valence-electron chi connectivity index (χ0n) is 10.0. The van der Waals surface area contributed by atoms with Crippen LogP contribution < -0.4 is 5.32 Å². The number of carbonyl (C=O) groups excluding carboxylic acids is 1. The third-order valence-corrected chi connectivity index (χ3v) is 3.44. The first-order valence-corrected chi connectivity index (χ1v) is 6.46. The first kappa shape index (κ1) is 13.0. The molecule has 1 aliphatic carbocycles. The molecule has 96 valence electrons. The van der Waals surface area contributed by atoms with E-state index in [0.717, 1.165) is 19.3 Å². The maximum absolute atomic E-state index is 11.9. The molecule has 0 spiro atoms. The van der Waals surface area contributed by atoms with E-state index in [4.69, 9.17) is 11.6 Å². The van der Waals surface area contributed by atoms with Crippen LogP contribution in [-0.4, -0.2) is 17.6 Å². The highest BCUT2D eigenvalue weighted by molar-refractivity contribution is 6.32. The van der Waals surface area contributed by atoms with Crippen molar-refractivity contribution >= 4 is 17.5 Å². The molecule has 0 heterocycles. The van der Waals surface area contributed by atoms with Crippen LogP contribution >= 0.6 is 11.6 Å². The number of phenolic OH excluding ortho intramolecular Hbond substituents is 1. The number of carbonyl (C=O) groups is 1. The van der Waals surface area contributed by atoms with Crippen LogP contribution in [0.5, 0.6) is 5.75 Å². The highest BCUT2D eigenvalue weighted by atomic mass is 35.5. The van der Waals surface area contributed by atoms with E-state index < -0.39 is 0 Å². The Kier molecular flexibility index (Phi) is 4.26. The molecule has 0 aromatic heterocycles. The summed E-state index contributed by atoms with van der Waals surface area (Å²) in [4.78, 5) is 11.9. The number of aromatic hydroxyl groups is 1. The molecule has 4 heteroatoms. The van der Waals surface area contributed by atoms with Gasteiger partial charge in [0.15, 0.2) is 0 Å². The molecule has 1 atom stereocenters. The van der Waals surface area contributed by atoms with E-state index in [0.29, 0.717) is 18.0 Å². The molecule has 2 N–H and O–H groups in total. The molecule has 18 heavy (non-hydrogen) atoms. The van der Waals surface area contributed by atoms with Gasteiger partial charge in [0.05, 0.1) is 5.02 Å². The number of allylic oxidation sites excluding steroid dienone is 2. The molecule has 0 saturated heterocycles.